The minimum atomic E-state index is 0.694. The molecule has 1 heteroatoms. The van der Waals surface area contributed by atoms with Crippen molar-refractivity contribution in [3.63, 3.8) is 0 Å². The Morgan fingerprint density at radius 3 is 2.41 bits per heavy atom. The molecule has 0 aliphatic carbocycles. The quantitative estimate of drug-likeness (QED) is 0.755. The summed E-state index contributed by atoms with van der Waals surface area (Å²) >= 11 is 0. The second-order valence-electron chi connectivity index (χ2n) is 4.78. The third-order valence-corrected chi connectivity index (χ3v) is 3.69. The van der Waals surface area contributed by atoms with Crippen molar-refractivity contribution in [3.8, 4) is 0 Å². The first-order valence-corrected chi connectivity index (χ1v) is 7.08. The van der Waals surface area contributed by atoms with Crippen LogP contribution < -0.4 is 5.73 Å². The maximum absolute atomic E-state index is 5.64. The number of rotatable bonds is 7. The van der Waals surface area contributed by atoms with Crippen LogP contribution in [0.15, 0.2) is 18.2 Å². The van der Waals surface area contributed by atoms with Crippen LogP contribution in [0, 0.1) is 0 Å². The summed E-state index contributed by atoms with van der Waals surface area (Å²) in [6, 6.07) is 7.01. The van der Waals surface area contributed by atoms with E-state index in [2.05, 4.69) is 39.0 Å². The van der Waals surface area contributed by atoms with Crippen LogP contribution in [0.1, 0.15) is 62.6 Å². The molecule has 0 radical (unpaired) electrons. The summed E-state index contributed by atoms with van der Waals surface area (Å²) < 4.78 is 0. The van der Waals surface area contributed by atoms with Crippen LogP contribution in [0.3, 0.4) is 0 Å². The lowest BCUT2D eigenvalue weighted by atomic mass is 9.86. The number of benzene rings is 1. The van der Waals surface area contributed by atoms with E-state index in [0.29, 0.717) is 5.92 Å². The molecule has 0 spiro atoms. The molecule has 0 amide bonds. The zero-order valence-corrected chi connectivity index (χ0v) is 11.6. The topological polar surface area (TPSA) is 26.0 Å². The molecule has 1 unspecified atom stereocenters. The third-order valence-electron chi connectivity index (χ3n) is 3.69. The van der Waals surface area contributed by atoms with Gasteiger partial charge >= 0.3 is 0 Å². The monoisotopic (exact) mass is 233 g/mol. The molecule has 0 heterocycles. The standard InChI is InChI=1S/C16H27N/c1-4-13-9-10-15(6-3)16(12-13)14(5-2)8-7-11-17/h9-10,12,14H,4-8,11,17H2,1-3H3. The Kier molecular flexibility index (Phi) is 6.28. The first kappa shape index (κ1) is 14.2. The predicted molar refractivity (Wildman–Crippen MR) is 76.5 cm³/mol. The van der Waals surface area contributed by atoms with Gasteiger partial charge in [-0.15, -0.1) is 0 Å². The van der Waals surface area contributed by atoms with Crippen LogP contribution in [0.25, 0.3) is 0 Å². The first-order chi connectivity index (χ1) is 8.26. The van der Waals surface area contributed by atoms with E-state index in [0.717, 1.165) is 25.8 Å². The zero-order chi connectivity index (χ0) is 12.7. The fraction of sp³-hybridized carbons (Fsp3) is 0.625. The summed E-state index contributed by atoms with van der Waals surface area (Å²) in [6.07, 6.45) is 5.86. The molecule has 0 aliphatic heterocycles. The van der Waals surface area contributed by atoms with E-state index >= 15 is 0 Å². The van der Waals surface area contributed by atoms with Gasteiger partial charge in [0, 0.05) is 0 Å². The van der Waals surface area contributed by atoms with Gasteiger partial charge in [0.05, 0.1) is 0 Å². The molecule has 1 nitrogen and oxygen atoms in total. The lowest BCUT2D eigenvalue weighted by Crippen LogP contribution is -2.06. The molecule has 0 bridgehead atoms. The van der Waals surface area contributed by atoms with Crippen molar-refractivity contribution in [2.75, 3.05) is 6.54 Å². The van der Waals surface area contributed by atoms with Gasteiger partial charge in [-0.1, -0.05) is 39.0 Å². The maximum atomic E-state index is 5.64. The number of nitrogens with two attached hydrogens (primary N) is 1. The van der Waals surface area contributed by atoms with E-state index in [1.54, 1.807) is 5.56 Å². The fourth-order valence-electron chi connectivity index (χ4n) is 2.51. The van der Waals surface area contributed by atoms with E-state index in [4.69, 9.17) is 5.73 Å². The van der Waals surface area contributed by atoms with Crippen LogP contribution in [0.4, 0.5) is 0 Å². The van der Waals surface area contributed by atoms with Gasteiger partial charge in [-0.05, 0) is 61.3 Å². The predicted octanol–water partition coefficient (Wildman–Crippen LogP) is 4.04. The normalized spacial score (nSPS) is 12.7. The van der Waals surface area contributed by atoms with E-state index in [9.17, 15) is 0 Å². The second-order valence-corrected chi connectivity index (χ2v) is 4.78. The number of hydrogen-bond acceptors (Lipinski definition) is 1. The summed E-state index contributed by atoms with van der Waals surface area (Å²) in [4.78, 5) is 0. The maximum Gasteiger partial charge on any atom is -0.00771 e. The highest BCUT2D eigenvalue weighted by Gasteiger charge is 2.13. The lowest BCUT2D eigenvalue weighted by molar-refractivity contribution is 0.576. The van der Waals surface area contributed by atoms with Crippen molar-refractivity contribution >= 4 is 0 Å². The summed E-state index contributed by atoms with van der Waals surface area (Å²) in [5.41, 5.74) is 10.2. The molecule has 1 rings (SSSR count). The van der Waals surface area contributed by atoms with E-state index in [1.807, 2.05) is 0 Å². The molecule has 96 valence electrons. The summed E-state index contributed by atoms with van der Waals surface area (Å²) in [5.74, 6) is 0.694. The Labute approximate surface area is 106 Å². The zero-order valence-electron chi connectivity index (χ0n) is 11.6. The van der Waals surface area contributed by atoms with Gasteiger partial charge in [0.25, 0.3) is 0 Å². The average Bonchev–Trinajstić information content (AvgIpc) is 2.39. The smallest absolute Gasteiger partial charge is 0.00771 e. The van der Waals surface area contributed by atoms with E-state index in [1.165, 1.54) is 24.0 Å². The molecule has 17 heavy (non-hydrogen) atoms. The first-order valence-electron chi connectivity index (χ1n) is 7.08. The molecule has 0 saturated carbocycles. The van der Waals surface area contributed by atoms with Gasteiger partial charge in [0.1, 0.15) is 0 Å². The minimum Gasteiger partial charge on any atom is -0.330 e. The largest absolute Gasteiger partial charge is 0.330 e. The number of aryl methyl sites for hydroxylation is 2. The molecule has 2 N–H and O–H groups in total. The van der Waals surface area contributed by atoms with Crippen LogP contribution in [-0.4, -0.2) is 6.54 Å². The fourth-order valence-corrected chi connectivity index (χ4v) is 2.51. The van der Waals surface area contributed by atoms with Gasteiger partial charge in [0.2, 0.25) is 0 Å². The number of hydrogen-bond donors (Lipinski definition) is 1. The molecule has 1 aromatic rings. The van der Waals surface area contributed by atoms with Crippen LogP contribution in [0.5, 0.6) is 0 Å². The Morgan fingerprint density at radius 1 is 1.12 bits per heavy atom. The Balaban J connectivity index is 2.97. The van der Waals surface area contributed by atoms with Crippen LogP contribution in [0.2, 0.25) is 0 Å². The summed E-state index contributed by atoms with van der Waals surface area (Å²) in [6.45, 7) is 7.58. The Bertz CT molecular complexity index is 330. The van der Waals surface area contributed by atoms with Gasteiger partial charge in [-0.3, -0.25) is 0 Å². The summed E-state index contributed by atoms with van der Waals surface area (Å²) in [5, 5.41) is 0. The highest BCUT2D eigenvalue weighted by molar-refractivity contribution is 5.35. The second kappa shape index (κ2) is 7.50. The third kappa shape index (κ3) is 3.85. The lowest BCUT2D eigenvalue weighted by Gasteiger charge is -2.19. The molecule has 0 saturated heterocycles. The Morgan fingerprint density at radius 2 is 1.88 bits per heavy atom. The molecule has 1 aromatic carbocycles. The minimum absolute atomic E-state index is 0.694. The highest BCUT2D eigenvalue weighted by atomic mass is 14.5. The van der Waals surface area contributed by atoms with Crippen molar-refractivity contribution in [1.82, 2.24) is 0 Å². The van der Waals surface area contributed by atoms with Crippen molar-refractivity contribution in [2.24, 2.45) is 5.73 Å². The van der Waals surface area contributed by atoms with Crippen molar-refractivity contribution < 1.29 is 0 Å². The van der Waals surface area contributed by atoms with Crippen molar-refractivity contribution in [2.45, 2.75) is 58.8 Å². The van der Waals surface area contributed by atoms with Gasteiger partial charge in [-0.2, -0.15) is 0 Å². The van der Waals surface area contributed by atoms with Crippen molar-refractivity contribution in [1.29, 1.82) is 0 Å². The highest BCUT2D eigenvalue weighted by Crippen LogP contribution is 2.29. The molecule has 1 atom stereocenters. The molecular weight excluding hydrogens is 206 g/mol. The van der Waals surface area contributed by atoms with Gasteiger partial charge in [0.15, 0.2) is 0 Å². The SMILES string of the molecule is CCc1ccc(CC)c(C(CC)CCCN)c1. The Hall–Kier alpha value is -0.820. The molecule has 0 aliphatic rings. The summed E-state index contributed by atoms with van der Waals surface area (Å²) in [7, 11) is 0. The van der Waals surface area contributed by atoms with Crippen molar-refractivity contribution in [3.05, 3.63) is 34.9 Å². The molecular formula is C16H27N. The molecule has 0 fully saturated rings. The van der Waals surface area contributed by atoms with Gasteiger partial charge in [-0.25, -0.2) is 0 Å². The van der Waals surface area contributed by atoms with Gasteiger partial charge < -0.3 is 5.73 Å². The average molecular weight is 233 g/mol. The van der Waals surface area contributed by atoms with Crippen LogP contribution >= 0.6 is 0 Å². The van der Waals surface area contributed by atoms with E-state index in [-0.39, 0.29) is 0 Å². The van der Waals surface area contributed by atoms with E-state index < -0.39 is 0 Å². The van der Waals surface area contributed by atoms with Crippen LogP contribution in [-0.2, 0) is 12.8 Å². The molecule has 0 aromatic heterocycles.